The van der Waals surface area contributed by atoms with Crippen LogP contribution in [-0.4, -0.2) is 33.9 Å². The van der Waals surface area contributed by atoms with Crippen LogP contribution in [-0.2, 0) is 11.8 Å². The van der Waals surface area contributed by atoms with E-state index < -0.39 is 0 Å². The molecule has 0 saturated heterocycles. The van der Waals surface area contributed by atoms with Crippen LogP contribution < -0.4 is 14.8 Å². The number of nitrogens with zero attached hydrogens (tertiary/aromatic N) is 3. The van der Waals surface area contributed by atoms with E-state index >= 15 is 0 Å². The number of ether oxygens (including phenoxy) is 2. The second-order valence-electron chi connectivity index (χ2n) is 6.29. The first kappa shape index (κ1) is 20.1. The predicted octanol–water partition coefficient (Wildman–Crippen LogP) is 4.69. The number of anilines is 1. The molecule has 154 valence electrons. The topological polar surface area (TPSA) is 78.3 Å². The van der Waals surface area contributed by atoms with Gasteiger partial charge < -0.3 is 14.8 Å². The van der Waals surface area contributed by atoms with Gasteiger partial charge >= 0.3 is 0 Å². The molecule has 3 heterocycles. The molecule has 0 fully saturated rings. The largest absolute Gasteiger partial charge is 0.494 e. The van der Waals surface area contributed by atoms with Crippen molar-refractivity contribution in [3.8, 4) is 32.8 Å². The molecule has 1 amide bonds. The first-order valence-corrected chi connectivity index (χ1v) is 11.1. The SMILES string of the molecule is CCOc1ccc(OCC(=O)Nc2cc(-c3nc(-c4cccs4)cs3)nn2C)cc1. The minimum Gasteiger partial charge on any atom is -0.494 e. The van der Waals surface area contributed by atoms with E-state index in [1.807, 2.05) is 48.0 Å². The van der Waals surface area contributed by atoms with E-state index in [9.17, 15) is 4.79 Å². The van der Waals surface area contributed by atoms with Crippen molar-refractivity contribution in [3.05, 3.63) is 53.2 Å². The van der Waals surface area contributed by atoms with Crippen LogP contribution >= 0.6 is 22.7 Å². The first-order valence-electron chi connectivity index (χ1n) is 9.31. The number of aromatic nitrogens is 3. The third-order valence-corrected chi connectivity index (χ3v) is 5.91. The van der Waals surface area contributed by atoms with E-state index in [1.54, 1.807) is 35.2 Å². The van der Waals surface area contributed by atoms with Crippen molar-refractivity contribution in [2.75, 3.05) is 18.5 Å². The lowest BCUT2D eigenvalue weighted by Crippen LogP contribution is -2.21. The third-order valence-electron chi connectivity index (χ3n) is 4.15. The van der Waals surface area contributed by atoms with Gasteiger partial charge in [-0.25, -0.2) is 4.98 Å². The predicted molar refractivity (Wildman–Crippen MR) is 119 cm³/mol. The van der Waals surface area contributed by atoms with E-state index in [-0.39, 0.29) is 12.5 Å². The van der Waals surface area contributed by atoms with Gasteiger partial charge in [-0.3, -0.25) is 9.48 Å². The summed E-state index contributed by atoms with van der Waals surface area (Å²) in [5, 5.41) is 12.1. The molecule has 0 aliphatic rings. The van der Waals surface area contributed by atoms with E-state index in [0.29, 0.717) is 23.9 Å². The average Bonchev–Trinajstić information content (AvgIpc) is 3.49. The van der Waals surface area contributed by atoms with Crippen molar-refractivity contribution >= 4 is 34.4 Å². The van der Waals surface area contributed by atoms with Crippen LogP contribution in [0.25, 0.3) is 21.3 Å². The smallest absolute Gasteiger partial charge is 0.263 e. The standard InChI is InChI=1S/C21H20N4O3S2/c1-3-27-14-6-8-15(9-7-14)28-12-20(26)23-19-11-16(24-25(19)2)21-22-17(13-30-21)18-5-4-10-29-18/h4-11,13H,3,12H2,1-2H3,(H,23,26). The molecule has 9 heteroatoms. The maximum atomic E-state index is 12.3. The molecular formula is C21H20N4O3S2. The van der Waals surface area contributed by atoms with Crippen LogP contribution in [0.15, 0.2) is 53.2 Å². The van der Waals surface area contributed by atoms with Crippen molar-refractivity contribution in [2.24, 2.45) is 7.05 Å². The molecule has 0 radical (unpaired) electrons. The van der Waals surface area contributed by atoms with E-state index in [2.05, 4.69) is 15.4 Å². The van der Waals surface area contributed by atoms with Gasteiger partial charge in [0.2, 0.25) is 0 Å². The summed E-state index contributed by atoms with van der Waals surface area (Å²) in [6, 6.07) is 13.0. The Kier molecular flexibility index (Phi) is 6.10. The Morgan fingerprint density at radius 1 is 1.10 bits per heavy atom. The lowest BCUT2D eigenvalue weighted by Gasteiger charge is -2.08. The van der Waals surface area contributed by atoms with Crippen molar-refractivity contribution in [1.29, 1.82) is 0 Å². The van der Waals surface area contributed by atoms with Gasteiger partial charge in [-0.2, -0.15) is 5.10 Å². The van der Waals surface area contributed by atoms with Crippen LogP contribution in [0.5, 0.6) is 11.5 Å². The zero-order valence-corrected chi connectivity index (χ0v) is 18.1. The summed E-state index contributed by atoms with van der Waals surface area (Å²) in [5.41, 5.74) is 1.65. The fraction of sp³-hybridized carbons (Fsp3) is 0.190. The van der Waals surface area contributed by atoms with Crippen LogP contribution in [0.2, 0.25) is 0 Å². The van der Waals surface area contributed by atoms with Crippen molar-refractivity contribution in [2.45, 2.75) is 6.92 Å². The highest BCUT2D eigenvalue weighted by molar-refractivity contribution is 7.15. The van der Waals surface area contributed by atoms with E-state index in [0.717, 1.165) is 21.3 Å². The zero-order valence-electron chi connectivity index (χ0n) is 16.5. The quantitative estimate of drug-likeness (QED) is 0.430. The van der Waals surface area contributed by atoms with Crippen molar-refractivity contribution < 1.29 is 14.3 Å². The van der Waals surface area contributed by atoms with Crippen LogP contribution in [0.1, 0.15) is 6.92 Å². The summed E-state index contributed by atoms with van der Waals surface area (Å²) >= 11 is 3.17. The molecule has 3 aromatic heterocycles. The Bertz CT molecular complexity index is 1120. The van der Waals surface area contributed by atoms with Crippen LogP contribution in [0, 0.1) is 0 Å². The molecule has 4 rings (SSSR count). The summed E-state index contributed by atoms with van der Waals surface area (Å²) in [6.45, 7) is 2.43. The van der Waals surface area contributed by atoms with Crippen molar-refractivity contribution in [1.82, 2.24) is 14.8 Å². The second-order valence-corrected chi connectivity index (χ2v) is 8.10. The highest BCUT2D eigenvalue weighted by Crippen LogP contribution is 2.31. The molecule has 0 aliphatic heterocycles. The fourth-order valence-corrected chi connectivity index (χ4v) is 4.28. The number of carbonyl (C=O) groups is 1. The Morgan fingerprint density at radius 3 is 2.57 bits per heavy atom. The normalized spacial score (nSPS) is 10.7. The first-order chi connectivity index (χ1) is 14.6. The number of thiazole rings is 1. The lowest BCUT2D eigenvalue weighted by atomic mass is 10.3. The molecule has 0 spiro atoms. The minimum atomic E-state index is -0.267. The molecule has 1 N–H and O–H groups in total. The number of thiophene rings is 1. The monoisotopic (exact) mass is 440 g/mol. The number of amides is 1. The van der Waals surface area contributed by atoms with Gasteiger partial charge in [0.15, 0.2) is 6.61 Å². The summed E-state index contributed by atoms with van der Waals surface area (Å²) in [5.74, 6) is 1.68. The molecule has 0 bridgehead atoms. The highest BCUT2D eigenvalue weighted by Gasteiger charge is 2.14. The zero-order chi connectivity index (χ0) is 20.9. The minimum absolute atomic E-state index is 0.103. The number of aryl methyl sites for hydroxylation is 1. The molecule has 4 aromatic rings. The summed E-state index contributed by atoms with van der Waals surface area (Å²) in [4.78, 5) is 18.1. The Labute approximate surface area is 181 Å². The second kappa shape index (κ2) is 9.10. The molecule has 1 aromatic carbocycles. The van der Waals surface area contributed by atoms with Gasteiger partial charge in [0.1, 0.15) is 28.0 Å². The third kappa shape index (κ3) is 4.69. The summed E-state index contributed by atoms with van der Waals surface area (Å²) in [6.07, 6.45) is 0. The van der Waals surface area contributed by atoms with Gasteiger partial charge in [0.05, 0.1) is 17.2 Å². The number of benzene rings is 1. The number of hydrogen-bond acceptors (Lipinski definition) is 7. The van der Waals surface area contributed by atoms with Crippen molar-refractivity contribution in [3.63, 3.8) is 0 Å². The molecular weight excluding hydrogens is 420 g/mol. The Hall–Kier alpha value is -3.17. The molecule has 0 atom stereocenters. The number of rotatable bonds is 8. The number of carbonyl (C=O) groups excluding carboxylic acids is 1. The average molecular weight is 441 g/mol. The van der Waals surface area contributed by atoms with E-state index in [4.69, 9.17) is 9.47 Å². The van der Waals surface area contributed by atoms with Crippen LogP contribution in [0.4, 0.5) is 5.82 Å². The fourth-order valence-electron chi connectivity index (χ4n) is 2.74. The molecule has 30 heavy (non-hydrogen) atoms. The highest BCUT2D eigenvalue weighted by atomic mass is 32.1. The van der Waals surface area contributed by atoms with Gasteiger partial charge in [0, 0.05) is 18.5 Å². The summed E-state index contributed by atoms with van der Waals surface area (Å²) < 4.78 is 12.6. The van der Waals surface area contributed by atoms with Gasteiger partial charge in [-0.15, -0.1) is 22.7 Å². The maximum absolute atomic E-state index is 12.3. The number of hydrogen-bond donors (Lipinski definition) is 1. The summed E-state index contributed by atoms with van der Waals surface area (Å²) in [7, 11) is 1.78. The molecule has 0 aliphatic carbocycles. The molecule has 0 saturated carbocycles. The Morgan fingerprint density at radius 2 is 1.87 bits per heavy atom. The molecule has 0 unspecified atom stereocenters. The maximum Gasteiger partial charge on any atom is 0.263 e. The number of nitrogens with one attached hydrogen (secondary N) is 1. The van der Waals surface area contributed by atoms with Gasteiger partial charge in [-0.05, 0) is 42.6 Å². The van der Waals surface area contributed by atoms with Gasteiger partial charge in [-0.1, -0.05) is 6.07 Å². The Balaban J connectivity index is 1.37. The molecule has 7 nitrogen and oxygen atoms in total. The van der Waals surface area contributed by atoms with Gasteiger partial charge in [0.25, 0.3) is 5.91 Å². The van der Waals surface area contributed by atoms with E-state index in [1.165, 1.54) is 11.3 Å². The van der Waals surface area contributed by atoms with Crippen LogP contribution in [0.3, 0.4) is 0 Å². The lowest BCUT2D eigenvalue weighted by molar-refractivity contribution is -0.118.